The van der Waals surface area contributed by atoms with Crippen LogP contribution in [0, 0.1) is 0 Å². The molecule has 1 aliphatic rings. The van der Waals surface area contributed by atoms with Crippen molar-refractivity contribution < 1.29 is 24.3 Å². The molecule has 3 N–H and O–H groups in total. The Balaban J connectivity index is 2.38. The van der Waals surface area contributed by atoms with Crippen LogP contribution in [0.4, 0.5) is 4.79 Å². The van der Waals surface area contributed by atoms with Crippen LogP contribution in [0.1, 0.15) is 33.6 Å². The Bertz CT molecular complexity index is 446. The van der Waals surface area contributed by atoms with Crippen LogP contribution in [0.25, 0.3) is 0 Å². The van der Waals surface area contributed by atoms with Gasteiger partial charge in [-0.15, -0.1) is 0 Å². The molecule has 0 spiro atoms. The summed E-state index contributed by atoms with van der Waals surface area (Å²) in [6, 6.07) is -1.43. The summed E-state index contributed by atoms with van der Waals surface area (Å²) in [5.74, 6) is -1.87. The van der Waals surface area contributed by atoms with E-state index >= 15 is 0 Å². The van der Waals surface area contributed by atoms with Gasteiger partial charge < -0.3 is 15.7 Å². The fourth-order valence-corrected chi connectivity index (χ4v) is 1.79. The van der Waals surface area contributed by atoms with Crippen LogP contribution in [0.2, 0.25) is 0 Å². The molecule has 0 aromatic rings. The molecule has 0 radical (unpaired) electrons. The molecule has 4 amide bonds. The molecule has 0 aromatic heterocycles. The van der Waals surface area contributed by atoms with Crippen LogP contribution in [-0.4, -0.2) is 51.9 Å². The minimum atomic E-state index is -1.12. The molecular weight excluding hydrogens is 266 g/mol. The Labute approximate surface area is 116 Å². The second-order valence-electron chi connectivity index (χ2n) is 5.24. The topological polar surface area (TPSA) is 116 Å². The zero-order chi connectivity index (χ0) is 15.5. The van der Waals surface area contributed by atoms with Gasteiger partial charge in [0.15, 0.2) is 0 Å². The van der Waals surface area contributed by atoms with Crippen LogP contribution in [0.15, 0.2) is 0 Å². The maximum Gasteiger partial charge on any atom is 0.325 e. The first kappa shape index (κ1) is 15.9. The third kappa shape index (κ3) is 3.69. The summed E-state index contributed by atoms with van der Waals surface area (Å²) >= 11 is 0. The van der Waals surface area contributed by atoms with Gasteiger partial charge in [0, 0.05) is 13.0 Å². The summed E-state index contributed by atoms with van der Waals surface area (Å²) in [5, 5.41) is 13.5. The average Bonchev–Trinajstić information content (AvgIpc) is 2.50. The smallest absolute Gasteiger partial charge is 0.325 e. The first-order valence-corrected chi connectivity index (χ1v) is 6.31. The van der Waals surface area contributed by atoms with E-state index in [1.807, 2.05) is 0 Å². The molecule has 0 saturated carbocycles. The minimum Gasteiger partial charge on any atom is -0.480 e. The van der Waals surface area contributed by atoms with Crippen molar-refractivity contribution in [3.8, 4) is 0 Å². The number of carboxylic acids is 1. The number of aliphatic carboxylic acids is 1. The molecule has 8 heteroatoms. The Kier molecular flexibility index (Phi) is 4.69. The number of rotatable bonds is 6. The number of urea groups is 1. The molecule has 1 fully saturated rings. The van der Waals surface area contributed by atoms with Crippen LogP contribution < -0.4 is 10.6 Å². The predicted molar refractivity (Wildman–Crippen MR) is 68.8 cm³/mol. The average molecular weight is 285 g/mol. The highest BCUT2D eigenvalue weighted by Gasteiger charge is 2.43. The lowest BCUT2D eigenvalue weighted by molar-refractivity contribution is -0.141. The van der Waals surface area contributed by atoms with Crippen molar-refractivity contribution in [1.29, 1.82) is 0 Å². The van der Waals surface area contributed by atoms with Crippen molar-refractivity contribution in [3.05, 3.63) is 0 Å². The SMILES string of the molecule is C[C@H](NC(=O)CCCN1C(=O)NC(C)(C)C1=O)C(=O)O. The highest BCUT2D eigenvalue weighted by molar-refractivity contribution is 6.06. The Morgan fingerprint density at radius 2 is 2.00 bits per heavy atom. The first-order valence-electron chi connectivity index (χ1n) is 6.31. The number of nitrogens with one attached hydrogen (secondary N) is 2. The molecule has 0 bridgehead atoms. The number of imide groups is 1. The molecular formula is C12H19N3O5. The molecule has 1 rings (SSSR count). The Morgan fingerprint density at radius 1 is 1.40 bits per heavy atom. The van der Waals surface area contributed by atoms with Crippen molar-refractivity contribution in [2.24, 2.45) is 0 Å². The summed E-state index contributed by atoms with van der Waals surface area (Å²) in [6.45, 7) is 4.70. The molecule has 1 aliphatic heterocycles. The number of carbonyl (C=O) groups excluding carboxylic acids is 3. The normalized spacial score (nSPS) is 18.6. The number of hydrogen-bond donors (Lipinski definition) is 3. The molecule has 112 valence electrons. The molecule has 1 saturated heterocycles. The summed E-state index contributed by atoms with van der Waals surface area (Å²) < 4.78 is 0. The summed E-state index contributed by atoms with van der Waals surface area (Å²) in [6.07, 6.45) is 0.336. The van der Waals surface area contributed by atoms with E-state index < -0.39 is 29.5 Å². The molecule has 1 atom stereocenters. The second-order valence-corrected chi connectivity index (χ2v) is 5.24. The molecule has 0 unspecified atom stereocenters. The maximum absolute atomic E-state index is 11.8. The van der Waals surface area contributed by atoms with E-state index in [-0.39, 0.29) is 25.3 Å². The largest absolute Gasteiger partial charge is 0.480 e. The standard InChI is InChI=1S/C12H19N3O5/c1-7(9(17)18)13-8(16)5-4-6-15-10(19)12(2,3)14-11(15)20/h7H,4-6H2,1-3H3,(H,13,16)(H,14,20)(H,17,18)/t7-/m0/s1. The maximum atomic E-state index is 11.8. The molecule has 8 nitrogen and oxygen atoms in total. The second kappa shape index (κ2) is 5.89. The van der Waals surface area contributed by atoms with E-state index in [0.717, 1.165) is 4.90 Å². The molecule has 0 aliphatic carbocycles. The summed E-state index contributed by atoms with van der Waals surface area (Å²) in [4.78, 5) is 46.5. The lowest BCUT2D eigenvalue weighted by atomic mass is 10.1. The molecule has 0 aromatic carbocycles. The summed E-state index contributed by atoms with van der Waals surface area (Å²) in [5.41, 5.74) is -0.919. The van der Waals surface area contributed by atoms with E-state index in [9.17, 15) is 19.2 Å². The number of nitrogens with zero attached hydrogens (tertiary/aromatic N) is 1. The fourth-order valence-electron chi connectivity index (χ4n) is 1.79. The van der Waals surface area contributed by atoms with Gasteiger partial charge in [-0.1, -0.05) is 0 Å². The predicted octanol–water partition coefficient (Wildman–Crippen LogP) is -0.314. The molecule has 1 heterocycles. The van der Waals surface area contributed by atoms with Crippen LogP contribution in [0.3, 0.4) is 0 Å². The molecule has 20 heavy (non-hydrogen) atoms. The lowest BCUT2D eigenvalue weighted by Crippen LogP contribution is -2.40. The first-order chi connectivity index (χ1) is 9.15. The van der Waals surface area contributed by atoms with Gasteiger partial charge in [-0.25, -0.2) is 4.79 Å². The fraction of sp³-hybridized carbons (Fsp3) is 0.667. The van der Waals surface area contributed by atoms with Crippen molar-refractivity contribution in [2.75, 3.05) is 6.54 Å². The van der Waals surface area contributed by atoms with E-state index in [1.54, 1.807) is 13.8 Å². The quantitative estimate of drug-likeness (QED) is 0.579. The number of amides is 4. The highest BCUT2D eigenvalue weighted by atomic mass is 16.4. The van der Waals surface area contributed by atoms with Crippen LogP contribution in [0.5, 0.6) is 0 Å². The zero-order valence-corrected chi connectivity index (χ0v) is 11.7. The monoisotopic (exact) mass is 285 g/mol. The van der Waals surface area contributed by atoms with Gasteiger partial charge in [-0.05, 0) is 27.2 Å². The third-order valence-electron chi connectivity index (χ3n) is 2.98. The van der Waals surface area contributed by atoms with Gasteiger partial charge in [0.2, 0.25) is 5.91 Å². The lowest BCUT2D eigenvalue weighted by Gasteiger charge is -2.16. The van der Waals surface area contributed by atoms with Gasteiger partial charge in [0.1, 0.15) is 11.6 Å². The highest BCUT2D eigenvalue weighted by Crippen LogP contribution is 2.16. The van der Waals surface area contributed by atoms with Gasteiger partial charge in [-0.3, -0.25) is 19.3 Å². The van der Waals surface area contributed by atoms with Crippen LogP contribution in [-0.2, 0) is 14.4 Å². The van der Waals surface area contributed by atoms with Crippen molar-refractivity contribution in [2.45, 2.75) is 45.2 Å². The Hall–Kier alpha value is -2.12. The minimum absolute atomic E-state index is 0.0507. The zero-order valence-electron chi connectivity index (χ0n) is 11.7. The van der Waals surface area contributed by atoms with Gasteiger partial charge >= 0.3 is 12.0 Å². The number of carboxylic acid groups (broad SMARTS) is 1. The van der Waals surface area contributed by atoms with Crippen LogP contribution >= 0.6 is 0 Å². The van der Waals surface area contributed by atoms with Gasteiger partial charge in [0.05, 0.1) is 0 Å². The van der Waals surface area contributed by atoms with Gasteiger partial charge in [-0.2, -0.15) is 0 Å². The Morgan fingerprint density at radius 3 is 2.45 bits per heavy atom. The van der Waals surface area contributed by atoms with E-state index in [2.05, 4.69) is 10.6 Å². The van der Waals surface area contributed by atoms with E-state index in [0.29, 0.717) is 0 Å². The number of hydrogen-bond acceptors (Lipinski definition) is 4. The number of carbonyl (C=O) groups is 4. The van der Waals surface area contributed by atoms with Crippen molar-refractivity contribution in [1.82, 2.24) is 15.5 Å². The van der Waals surface area contributed by atoms with Crippen molar-refractivity contribution in [3.63, 3.8) is 0 Å². The van der Waals surface area contributed by atoms with Gasteiger partial charge in [0.25, 0.3) is 5.91 Å². The van der Waals surface area contributed by atoms with E-state index in [4.69, 9.17) is 5.11 Å². The summed E-state index contributed by atoms with van der Waals surface area (Å²) in [7, 11) is 0. The van der Waals surface area contributed by atoms with Crippen molar-refractivity contribution >= 4 is 23.8 Å². The van der Waals surface area contributed by atoms with E-state index in [1.165, 1.54) is 6.92 Å². The third-order valence-corrected chi connectivity index (χ3v) is 2.98.